The minimum absolute atomic E-state index is 0.464. The first-order valence-corrected chi connectivity index (χ1v) is 7.24. The third-order valence-corrected chi connectivity index (χ3v) is 4.10. The maximum absolute atomic E-state index is 5.53. The molecule has 1 saturated heterocycles. The van der Waals surface area contributed by atoms with Crippen molar-refractivity contribution >= 4 is 0 Å². The third-order valence-electron chi connectivity index (χ3n) is 4.10. The maximum atomic E-state index is 5.53. The van der Waals surface area contributed by atoms with E-state index in [-0.39, 0.29) is 0 Å². The Bertz CT molecular complexity index is 369. The fourth-order valence-electron chi connectivity index (χ4n) is 2.66. The molecule has 19 heavy (non-hydrogen) atoms. The molecule has 1 aliphatic rings. The van der Waals surface area contributed by atoms with Gasteiger partial charge in [0.25, 0.3) is 0 Å². The average molecular weight is 266 g/mol. The van der Waals surface area contributed by atoms with E-state index in [0.717, 1.165) is 18.8 Å². The molecule has 108 valence electrons. The number of aromatic nitrogens is 3. The lowest BCUT2D eigenvalue weighted by atomic mass is 10.0. The zero-order valence-electron chi connectivity index (χ0n) is 12.1. The van der Waals surface area contributed by atoms with Crippen LogP contribution in [-0.2, 0) is 13.1 Å². The molecular formula is C13H26N6. The van der Waals surface area contributed by atoms with Crippen molar-refractivity contribution in [3.05, 3.63) is 11.9 Å². The number of likely N-dealkylation sites (N-methyl/N-ethyl adjacent to an activating group) is 1. The van der Waals surface area contributed by atoms with Crippen molar-refractivity contribution < 1.29 is 0 Å². The first-order chi connectivity index (χ1) is 9.22. The zero-order valence-corrected chi connectivity index (χ0v) is 12.1. The third kappa shape index (κ3) is 3.99. The van der Waals surface area contributed by atoms with E-state index in [0.29, 0.717) is 12.6 Å². The SMILES string of the molecule is CCN1CCC(N(C)CCn2cc(CN)nn2)CC1. The molecule has 0 amide bonds. The number of nitrogens with two attached hydrogens (primary N) is 1. The second-order valence-electron chi connectivity index (χ2n) is 5.32. The summed E-state index contributed by atoms with van der Waals surface area (Å²) in [5.74, 6) is 0. The molecule has 2 N–H and O–H groups in total. The summed E-state index contributed by atoms with van der Waals surface area (Å²) >= 11 is 0. The molecule has 0 unspecified atom stereocenters. The van der Waals surface area contributed by atoms with Crippen molar-refractivity contribution in [3.63, 3.8) is 0 Å². The van der Waals surface area contributed by atoms with Gasteiger partial charge in [-0.25, -0.2) is 0 Å². The van der Waals surface area contributed by atoms with E-state index in [9.17, 15) is 0 Å². The van der Waals surface area contributed by atoms with Crippen LogP contribution in [0.3, 0.4) is 0 Å². The minimum atomic E-state index is 0.464. The van der Waals surface area contributed by atoms with E-state index < -0.39 is 0 Å². The van der Waals surface area contributed by atoms with E-state index in [1.165, 1.54) is 32.5 Å². The molecule has 6 heteroatoms. The van der Waals surface area contributed by atoms with Crippen LogP contribution in [0.15, 0.2) is 6.20 Å². The van der Waals surface area contributed by atoms with Crippen molar-refractivity contribution in [3.8, 4) is 0 Å². The lowest BCUT2D eigenvalue weighted by Crippen LogP contribution is -2.44. The van der Waals surface area contributed by atoms with Crippen LogP contribution in [0.5, 0.6) is 0 Å². The van der Waals surface area contributed by atoms with Crippen LogP contribution in [0.2, 0.25) is 0 Å². The van der Waals surface area contributed by atoms with E-state index in [4.69, 9.17) is 5.73 Å². The van der Waals surface area contributed by atoms with Gasteiger partial charge in [0.1, 0.15) is 0 Å². The fraction of sp³-hybridized carbons (Fsp3) is 0.846. The Morgan fingerprint density at radius 1 is 1.42 bits per heavy atom. The van der Waals surface area contributed by atoms with Gasteiger partial charge >= 0.3 is 0 Å². The quantitative estimate of drug-likeness (QED) is 0.794. The summed E-state index contributed by atoms with van der Waals surface area (Å²) in [5.41, 5.74) is 6.39. The van der Waals surface area contributed by atoms with Gasteiger partial charge in [0.15, 0.2) is 0 Å². The van der Waals surface area contributed by atoms with Gasteiger partial charge in [0.05, 0.1) is 12.2 Å². The summed E-state index contributed by atoms with van der Waals surface area (Å²) in [4.78, 5) is 4.98. The topological polar surface area (TPSA) is 63.2 Å². The molecule has 0 atom stereocenters. The van der Waals surface area contributed by atoms with Crippen LogP contribution in [0.4, 0.5) is 0 Å². The zero-order chi connectivity index (χ0) is 13.7. The molecule has 2 heterocycles. The molecule has 0 saturated carbocycles. The largest absolute Gasteiger partial charge is 0.325 e. The van der Waals surface area contributed by atoms with Crippen LogP contribution in [0.1, 0.15) is 25.5 Å². The number of hydrogen-bond donors (Lipinski definition) is 1. The molecule has 0 aliphatic carbocycles. The molecule has 6 nitrogen and oxygen atoms in total. The summed E-state index contributed by atoms with van der Waals surface area (Å²) in [6.45, 7) is 8.24. The normalized spacial score (nSPS) is 18.3. The van der Waals surface area contributed by atoms with Crippen LogP contribution in [-0.4, -0.2) is 64.1 Å². The molecule has 1 aliphatic heterocycles. The second-order valence-corrected chi connectivity index (χ2v) is 5.32. The van der Waals surface area contributed by atoms with Gasteiger partial charge < -0.3 is 15.5 Å². The van der Waals surface area contributed by atoms with Gasteiger partial charge in [0, 0.05) is 25.3 Å². The Kier molecular flexibility index (Phi) is 5.30. The number of nitrogens with zero attached hydrogens (tertiary/aromatic N) is 5. The summed E-state index contributed by atoms with van der Waals surface area (Å²) in [6.07, 6.45) is 4.49. The van der Waals surface area contributed by atoms with E-state index in [1.54, 1.807) is 0 Å². The monoisotopic (exact) mass is 266 g/mol. The van der Waals surface area contributed by atoms with Crippen molar-refractivity contribution in [2.24, 2.45) is 5.73 Å². The molecule has 0 bridgehead atoms. The van der Waals surface area contributed by atoms with Crippen molar-refractivity contribution in [1.29, 1.82) is 0 Å². The Hall–Kier alpha value is -0.980. The van der Waals surface area contributed by atoms with E-state index >= 15 is 0 Å². The van der Waals surface area contributed by atoms with Crippen LogP contribution in [0, 0.1) is 0 Å². The highest BCUT2D eigenvalue weighted by molar-refractivity contribution is 4.90. The first kappa shape index (κ1) is 14.4. The number of hydrogen-bond acceptors (Lipinski definition) is 5. The fourth-order valence-corrected chi connectivity index (χ4v) is 2.66. The highest BCUT2D eigenvalue weighted by Crippen LogP contribution is 2.14. The van der Waals surface area contributed by atoms with Gasteiger partial charge in [0.2, 0.25) is 0 Å². The van der Waals surface area contributed by atoms with E-state index in [2.05, 4.69) is 34.1 Å². The van der Waals surface area contributed by atoms with Gasteiger partial charge in [-0.2, -0.15) is 0 Å². The maximum Gasteiger partial charge on any atom is 0.0962 e. The van der Waals surface area contributed by atoms with Gasteiger partial charge in [-0.3, -0.25) is 4.68 Å². The molecule has 0 aromatic carbocycles. The van der Waals surface area contributed by atoms with Crippen molar-refractivity contribution in [2.75, 3.05) is 33.2 Å². The molecule has 1 aromatic rings. The van der Waals surface area contributed by atoms with Crippen molar-refractivity contribution in [1.82, 2.24) is 24.8 Å². The van der Waals surface area contributed by atoms with Gasteiger partial charge in [-0.15, -0.1) is 5.10 Å². The van der Waals surface area contributed by atoms with E-state index in [1.807, 2.05) is 10.9 Å². The minimum Gasteiger partial charge on any atom is -0.325 e. The van der Waals surface area contributed by atoms with Crippen LogP contribution < -0.4 is 5.73 Å². The number of rotatable bonds is 6. The van der Waals surface area contributed by atoms with Gasteiger partial charge in [-0.1, -0.05) is 12.1 Å². The molecule has 0 radical (unpaired) electrons. The summed E-state index contributed by atoms with van der Waals surface area (Å²) in [7, 11) is 2.22. The smallest absolute Gasteiger partial charge is 0.0962 e. The summed E-state index contributed by atoms with van der Waals surface area (Å²) < 4.78 is 1.89. The molecule has 0 spiro atoms. The molecular weight excluding hydrogens is 240 g/mol. The lowest BCUT2D eigenvalue weighted by Gasteiger charge is -2.36. The predicted molar refractivity (Wildman–Crippen MR) is 75.7 cm³/mol. The van der Waals surface area contributed by atoms with Gasteiger partial charge in [-0.05, 0) is 39.5 Å². The summed E-state index contributed by atoms with van der Waals surface area (Å²) in [5, 5.41) is 8.09. The standard InChI is InChI=1S/C13H26N6/c1-3-18-6-4-13(5-7-18)17(2)8-9-19-11-12(10-14)15-16-19/h11,13H,3-10,14H2,1-2H3. The lowest BCUT2D eigenvalue weighted by molar-refractivity contribution is 0.128. The number of likely N-dealkylation sites (tertiary alicyclic amines) is 1. The summed E-state index contributed by atoms with van der Waals surface area (Å²) in [6, 6.07) is 0.709. The second kappa shape index (κ2) is 6.98. The molecule has 1 aromatic heterocycles. The van der Waals surface area contributed by atoms with Crippen LogP contribution >= 0.6 is 0 Å². The van der Waals surface area contributed by atoms with Crippen LogP contribution in [0.25, 0.3) is 0 Å². The average Bonchev–Trinajstić information content (AvgIpc) is 2.93. The van der Waals surface area contributed by atoms with Crippen molar-refractivity contribution in [2.45, 2.75) is 38.9 Å². The number of piperidine rings is 1. The Balaban J connectivity index is 1.73. The molecule has 2 rings (SSSR count). The Morgan fingerprint density at radius 3 is 2.74 bits per heavy atom. The highest BCUT2D eigenvalue weighted by Gasteiger charge is 2.21. The Labute approximate surface area is 115 Å². The first-order valence-electron chi connectivity index (χ1n) is 7.24. The molecule has 1 fully saturated rings. The highest BCUT2D eigenvalue weighted by atomic mass is 15.4. The Morgan fingerprint density at radius 2 is 2.16 bits per heavy atom. The predicted octanol–water partition coefficient (Wildman–Crippen LogP) is 0.153.